The van der Waals surface area contributed by atoms with Crippen molar-refractivity contribution in [2.75, 3.05) is 35.7 Å². The number of amides is 4. The number of carbonyl (C=O) groups excluding carboxylic acids is 4. The highest BCUT2D eigenvalue weighted by atomic mass is 16.5. The van der Waals surface area contributed by atoms with Crippen LogP contribution in [0.4, 0.5) is 21.9 Å². The molecule has 2 saturated heterocycles. The summed E-state index contributed by atoms with van der Waals surface area (Å²) < 4.78 is 4.77. The Labute approximate surface area is 298 Å². The number of hydrogen-bond acceptors (Lipinski definition) is 7. The Morgan fingerprint density at radius 2 is 1.35 bits per heavy atom. The van der Waals surface area contributed by atoms with Gasteiger partial charge in [0.1, 0.15) is 12.1 Å². The minimum Gasteiger partial charge on any atom is -0.453 e. The van der Waals surface area contributed by atoms with Gasteiger partial charge in [0.2, 0.25) is 11.8 Å². The number of anilines is 3. The summed E-state index contributed by atoms with van der Waals surface area (Å²) in [6.45, 7) is 2.57. The zero-order valence-corrected chi connectivity index (χ0v) is 28.7. The van der Waals surface area contributed by atoms with Crippen LogP contribution in [0.15, 0.2) is 109 Å². The number of likely N-dealkylation sites (tertiary alicyclic amines) is 1. The van der Waals surface area contributed by atoms with E-state index in [-0.39, 0.29) is 23.8 Å². The first-order valence-corrected chi connectivity index (χ1v) is 17.4. The molecular formula is C40H44N6O5. The molecule has 0 bridgehead atoms. The first kappa shape index (κ1) is 35.2. The summed E-state index contributed by atoms with van der Waals surface area (Å²) in [5.74, 6) is -0.630. The fraction of sp³-hybridized carbons (Fsp3) is 0.300. The maximum absolute atomic E-state index is 13.7. The fourth-order valence-corrected chi connectivity index (χ4v) is 6.65. The van der Waals surface area contributed by atoms with Gasteiger partial charge in [-0.2, -0.15) is 0 Å². The molecule has 51 heavy (non-hydrogen) atoms. The van der Waals surface area contributed by atoms with E-state index in [0.717, 1.165) is 41.9 Å². The van der Waals surface area contributed by atoms with E-state index in [1.807, 2.05) is 72.8 Å². The van der Waals surface area contributed by atoms with Gasteiger partial charge in [-0.15, -0.1) is 0 Å². The van der Waals surface area contributed by atoms with Crippen molar-refractivity contribution in [2.45, 2.75) is 56.9 Å². The number of nitrogens with one attached hydrogen (secondary N) is 4. The van der Waals surface area contributed by atoms with Crippen LogP contribution in [0.5, 0.6) is 0 Å². The zero-order chi connectivity index (χ0) is 35.6. The SMILES string of the molecule is COC(=O)NC(C(=O)N1CCC[C@H]1C(=O)Nc1ccc(CN(Cc2ccc(NC(=O)[C@@H]3CCCN3)cc2)c2ccccc2)cc1)c1ccccc1. The molecule has 6 rings (SSSR count). The van der Waals surface area contributed by atoms with Crippen LogP contribution in [0.1, 0.15) is 48.4 Å². The van der Waals surface area contributed by atoms with Gasteiger partial charge in [0.05, 0.1) is 13.2 Å². The molecule has 4 N–H and O–H groups in total. The first-order chi connectivity index (χ1) is 24.9. The Balaban J connectivity index is 1.09. The second kappa shape index (κ2) is 16.8. The summed E-state index contributed by atoms with van der Waals surface area (Å²) in [5.41, 5.74) is 5.25. The van der Waals surface area contributed by atoms with Gasteiger partial charge in [-0.3, -0.25) is 14.4 Å². The van der Waals surface area contributed by atoms with Gasteiger partial charge in [0.15, 0.2) is 0 Å². The molecule has 0 spiro atoms. The second-order valence-corrected chi connectivity index (χ2v) is 12.9. The number of ether oxygens (including phenoxy) is 1. The van der Waals surface area contributed by atoms with Gasteiger partial charge in [0.25, 0.3) is 5.91 Å². The van der Waals surface area contributed by atoms with Crippen LogP contribution in [0, 0.1) is 0 Å². The van der Waals surface area contributed by atoms with Crippen molar-refractivity contribution in [3.05, 3.63) is 126 Å². The normalized spacial score (nSPS) is 17.3. The third-order valence-electron chi connectivity index (χ3n) is 9.35. The molecule has 0 aliphatic carbocycles. The predicted octanol–water partition coefficient (Wildman–Crippen LogP) is 5.61. The number of para-hydroxylation sites is 1. The Morgan fingerprint density at radius 1 is 0.765 bits per heavy atom. The third kappa shape index (κ3) is 9.11. The summed E-state index contributed by atoms with van der Waals surface area (Å²) in [7, 11) is 1.25. The molecule has 2 aliphatic rings. The van der Waals surface area contributed by atoms with Crippen molar-refractivity contribution in [3.63, 3.8) is 0 Å². The molecule has 4 aromatic carbocycles. The summed E-state index contributed by atoms with van der Waals surface area (Å²) in [6.07, 6.45) is 2.34. The Hall–Kier alpha value is -5.68. The van der Waals surface area contributed by atoms with E-state index >= 15 is 0 Å². The number of hydrogen-bond donors (Lipinski definition) is 4. The van der Waals surface area contributed by atoms with E-state index in [9.17, 15) is 19.2 Å². The summed E-state index contributed by atoms with van der Waals surface area (Å²) in [5, 5.41) is 11.9. The van der Waals surface area contributed by atoms with Crippen LogP contribution in [0.2, 0.25) is 0 Å². The van der Waals surface area contributed by atoms with E-state index in [2.05, 4.69) is 38.3 Å². The molecule has 11 nitrogen and oxygen atoms in total. The molecule has 11 heteroatoms. The molecule has 1 unspecified atom stereocenters. The van der Waals surface area contributed by atoms with Crippen LogP contribution in [0.25, 0.3) is 0 Å². The Kier molecular flexibility index (Phi) is 11.6. The van der Waals surface area contributed by atoms with Crippen molar-refractivity contribution in [3.8, 4) is 0 Å². The number of rotatable bonds is 12. The van der Waals surface area contributed by atoms with Gasteiger partial charge in [-0.25, -0.2) is 4.79 Å². The van der Waals surface area contributed by atoms with Crippen molar-refractivity contribution < 1.29 is 23.9 Å². The molecular weight excluding hydrogens is 644 g/mol. The maximum Gasteiger partial charge on any atom is 0.407 e. The molecule has 4 aromatic rings. The van der Waals surface area contributed by atoms with Crippen LogP contribution in [0.3, 0.4) is 0 Å². The van der Waals surface area contributed by atoms with Crippen LogP contribution in [-0.4, -0.2) is 61.0 Å². The molecule has 3 atom stereocenters. The van der Waals surface area contributed by atoms with Crippen molar-refractivity contribution in [1.82, 2.24) is 15.5 Å². The molecule has 2 fully saturated rings. The quantitative estimate of drug-likeness (QED) is 0.152. The number of carbonyl (C=O) groups is 4. The number of nitrogens with zero attached hydrogens (tertiary/aromatic N) is 2. The topological polar surface area (TPSA) is 132 Å². The van der Waals surface area contributed by atoms with E-state index in [4.69, 9.17) is 4.74 Å². The van der Waals surface area contributed by atoms with Gasteiger partial charge >= 0.3 is 6.09 Å². The average Bonchev–Trinajstić information content (AvgIpc) is 3.89. The van der Waals surface area contributed by atoms with Crippen LogP contribution < -0.4 is 26.2 Å². The molecule has 0 aromatic heterocycles. The first-order valence-electron chi connectivity index (χ1n) is 17.4. The number of alkyl carbamates (subject to hydrolysis) is 1. The van der Waals surface area contributed by atoms with Crippen LogP contribution in [-0.2, 0) is 32.2 Å². The predicted molar refractivity (Wildman–Crippen MR) is 197 cm³/mol. The lowest BCUT2D eigenvalue weighted by Gasteiger charge is -2.28. The fourth-order valence-electron chi connectivity index (χ4n) is 6.65. The largest absolute Gasteiger partial charge is 0.453 e. The van der Waals surface area contributed by atoms with E-state index in [0.29, 0.717) is 43.7 Å². The maximum atomic E-state index is 13.7. The monoisotopic (exact) mass is 688 g/mol. The summed E-state index contributed by atoms with van der Waals surface area (Å²) in [4.78, 5) is 55.7. The highest BCUT2D eigenvalue weighted by Crippen LogP contribution is 2.26. The second-order valence-electron chi connectivity index (χ2n) is 12.9. The van der Waals surface area contributed by atoms with Crippen molar-refractivity contribution in [1.29, 1.82) is 0 Å². The minimum atomic E-state index is -0.975. The Morgan fingerprint density at radius 3 is 1.92 bits per heavy atom. The lowest BCUT2D eigenvalue weighted by atomic mass is 10.0. The smallest absolute Gasteiger partial charge is 0.407 e. The van der Waals surface area contributed by atoms with Crippen molar-refractivity contribution in [2.24, 2.45) is 0 Å². The summed E-state index contributed by atoms with van der Waals surface area (Å²) >= 11 is 0. The highest BCUT2D eigenvalue weighted by molar-refractivity contribution is 5.99. The highest BCUT2D eigenvalue weighted by Gasteiger charge is 2.38. The molecule has 264 valence electrons. The summed E-state index contributed by atoms with van der Waals surface area (Å²) in [6, 6.07) is 33.0. The van der Waals surface area contributed by atoms with E-state index < -0.39 is 18.2 Å². The third-order valence-corrected chi connectivity index (χ3v) is 9.35. The number of methoxy groups -OCH3 is 1. The van der Waals surface area contributed by atoms with E-state index in [1.54, 1.807) is 29.2 Å². The molecule has 0 radical (unpaired) electrons. The number of benzene rings is 4. The average molecular weight is 689 g/mol. The van der Waals surface area contributed by atoms with Crippen LogP contribution >= 0.6 is 0 Å². The van der Waals surface area contributed by atoms with Crippen molar-refractivity contribution >= 4 is 40.9 Å². The molecule has 2 heterocycles. The van der Waals surface area contributed by atoms with Gasteiger partial charge < -0.3 is 35.8 Å². The molecule has 0 saturated carbocycles. The Bertz CT molecular complexity index is 1780. The zero-order valence-electron chi connectivity index (χ0n) is 28.7. The molecule has 4 amide bonds. The van der Waals surface area contributed by atoms with Gasteiger partial charge in [-0.05, 0) is 85.3 Å². The standard InChI is InChI=1S/C40H44N6O5/c1-51-40(50)44-36(30-10-4-2-5-11-30)39(49)46-25-9-15-35(46)38(48)43-32-22-18-29(19-23-32)27-45(33-12-6-3-7-13-33)26-28-16-20-31(21-17-28)42-37(47)34-14-8-24-41-34/h2-7,10-13,16-23,34-36,41H,8-9,14-15,24-27H2,1H3,(H,42,47)(H,43,48)(H,44,50)/t34-,35-,36?/m0/s1. The lowest BCUT2D eigenvalue weighted by molar-refractivity contribution is -0.138. The lowest BCUT2D eigenvalue weighted by Crippen LogP contribution is -2.48. The van der Waals surface area contributed by atoms with Gasteiger partial charge in [-0.1, -0.05) is 72.8 Å². The minimum absolute atomic E-state index is 0.00416. The van der Waals surface area contributed by atoms with Gasteiger partial charge in [0, 0.05) is 36.7 Å². The molecule has 2 aliphatic heterocycles. The van der Waals surface area contributed by atoms with E-state index in [1.165, 1.54) is 7.11 Å².